The molecule has 4 atom stereocenters. The molecule has 1 fully saturated rings. The molecule has 0 saturated carbocycles. The Morgan fingerprint density at radius 2 is 2.00 bits per heavy atom. The van der Waals surface area contributed by atoms with Gasteiger partial charge in [0.1, 0.15) is 24.4 Å². The lowest BCUT2D eigenvalue weighted by atomic mass is 10.1. The van der Waals surface area contributed by atoms with E-state index in [0.717, 1.165) is 23.8 Å². The molecule has 3 N–H and O–H groups in total. The first-order valence-electron chi connectivity index (χ1n) is 12.2. The van der Waals surface area contributed by atoms with Gasteiger partial charge in [-0.2, -0.15) is 4.57 Å². The SMILES string of the molecule is CCCCCn1cnc2c1c(=O)n(CCOC(=O)c1ccc[n+]([C@@H]3O[C@H](CO)[C@@H](O)[C@H]3O)c1)c(=O)n2C. The van der Waals surface area contributed by atoms with Crippen molar-refractivity contribution in [3.05, 3.63) is 57.3 Å². The van der Waals surface area contributed by atoms with E-state index in [1.54, 1.807) is 23.2 Å². The highest BCUT2D eigenvalue weighted by Gasteiger charge is 2.48. The van der Waals surface area contributed by atoms with E-state index in [9.17, 15) is 29.7 Å². The number of rotatable bonds is 10. The van der Waals surface area contributed by atoms with Gasteiger partial charge in [0.25, 0.3) is 11.8 Å². The zero-order valence-electron chi connectivity index (χ0n) is 20.8. The third kappa shape index (κ3) is 5.21. The summed E-state index contributed by atoms with van der Waals surface area (Å²) in [5, 5.41) is 29.5. The summed E-state index contributed by atoms with van der Waals surface area (Å²) < 4.78 is 16.3. The van der Waals surface area contributed by atoms with Gasteiger partial charge in [-0.3, -0.25) is 13.9 Å². The van der Waals surface area contributed by atoms with Crippen molar-refractivity contribution >= 4 is 17.1 Å². The van der Waals surface area contributed by atoms with Gasteiger partial charge in [-0.15, -0.1) is 0 Å². The van der Waals surface area contributed by atoms with Crippen LogP contribution in [-0.2, 0) is 29.6 Å². The summed E-state index contributed by atoms with van der Waals surface area (Å²) in [6, 6.07) is 3.03. The van der Waals surface area contributed by atoms with Gasteiger partial charge in [-0.05, 0) is 12.5 Å². The molecular formula is C24H32N5O8+. The van der Waals surface area contributed by atoms with Crippen LogP contribution in [0.25, 0.3) is 11.2 Å². The van der Waals surface area contributed by atoms with Crippen molar-refractivity contribution in [2.75, 3.05) is 13.2 Å². The average molecular weight is 519 g/mol. The lowest BCUT2D eigenvalue weighted by Crippen LogP contribution is -2.46. The predicted octanol–water partition coefficient (Wildman–Crippen LogP) is -1.16. The number of aliphatic hydroxyl groups excluding tert-OH is 3. The number of aliphatic hydroxyl groups is 3. The summed E-state index contributed by atoms with van der Waals surface area (Å²) in [7, 11) is 1.54. The van der Waals surface area contributed by atoms with Crippen LogP contribution in [0, 0.1) is 0 Å². The summed E-state index contributed by atoms with van der Waals surface area (Å²) >= 11 is 0. The highest BCUT2D eigenvalue weighted by atomic mass is 16.6. The van der Waals surface area contributed by atoms with Gasteiger partial charge in [-0.25, -0.2) is 14.6 Å². The second-order valence-electron chi connectivity index (χ2n) is 9.02. The Morgan fingerprint density at radius 3 is 2.70 bits per heavy atom. The maximum absolute atomic E-state index is 13.1. The number of hydrogen-bond acceptors (Lipinski definition) is 9. The fraction of sp³-hybridized carbons (Fsp3) is 0.542. The lowest BCUT2D eigenvalue weighted by molar-refractivity contribution is -0.765. The number of unbranched alkanes of at least 4 members (excludes halogenated alkanes) is 2. The molecule has 0 bridgehead atoms. The monoisotopic (exact) mass is 518 g/mol. The van der Waals surface area contributed by atoms with Crippen LogP contribution in [0.15, 0.2) is 40.4 Å². The van der Waals surface area contributed by atoms with E-state index in [2.05, 4.69) is 11.9 Å². The molecule has 4 heterocycles. The van der Waals surface area contributed by atoms with E-state index in [1.165, 1.54) is 28.4 Å². The second-order valence-corrected chi connectivity index (χ2v) is 9.02. The number of carbonyl (C=O) groups is 1. The largest absolute Gasteiger partial charge is 0.460 e. The van der Waals surface area contributed by atoms with E-state index >= 15 is 0 Å². The molecular weight excluding hydrogens is 486 g/mol. The van der Waals surface area contributed by atoms with Crippen LogP contribution in [0.1, 0.15) is 42.8 Å². The molecule has 0 spiro atoms. The number of aryl methyl sites for hydroxylation is 2. The van der Waals surface area contributed by atoms with Crippen LogP contribution in [0.4, 0.5) is 0 Å². The molecule has 1 aliphatic rings. The van der Waals surface area contributed by atoms with E-state index in [4.69, 9.17) is 9.47 Å². The van der Waals surface area contributed by atoms with Crippen molar-refractivity contribution in [2.45, 2.75) is 63.8 Å². The number of carbonyl (C=O) groups excluding carboxylic acids is 1. The number of ether oxygens (including phenoxy) is 2. The number of nitrogens with zero attached hydrogens (tertiary/aromatic N) is 5. The molecule has 3 aromatic heterocycles. The first-order chi connectivity index (χ1) is 17.8. The first kappa shape index (κ1) is 26.7. The number of pyridine rings is 1. The van der Waals surface area contributed by atoms with E-state index < -0.39 is 48.4 Å². The number of aromatic nitrogens is 5. The van der Waals surface area contributed by atoms with Crippen LogP contribution >= 0.6 is 0 Å². The van der Waals surface area contributed by atoms with Crippen molar-refractivity contribution in [1.29, 1.82) is 0 Å². The summed E-state index contributed by atoms with van der Waals surface area (Å²) in [6.07, 6.45) is 2.85. The first-order valence-corrected chi connectivity index (χ1v) is 12.2. The van der Waals surface area contributed by atoms with Gasteiger partial charge in [-0.1, -0.05) is 19.8 Å². The number of hydrogen-bond donors (Lipinski definition) is 3. The van der Waals surface area contributed by atoms with Gasteiger partial charge in [0.05, 0.1) is 19.5 Å². The number of imidazole rings is 1. The summed E-state index contributed by atoms with van der Waals surface area (Å²) in [6.45, 7) is 1.85. The van der Waals surface area contributed by atoms with Gasteiger partial charge < -0.3 is 29.4 Å². The molecule has 0 aliphatic carbocycles. The van der Waals surface area contributed by atoms with Crippen molar-refractivity contribution in [3.63, 3.8) is 0 Å². The number of esters is 1. The summed E-state index contributed by atoms with van der Waals surface area (Å²) in [5.41, 5.74) is -0.296. The topological polar surface area (TPSA) is 162 Å². The molecule has 0 aromatic carbocycles. The normalized spacial score (nSPS) is 21.5. The number of fused-ring (bicyclic) bond motifs is 1. The summed E-state index contributed by atoms with van der Waals surface area (Å²) in [4.78, 5) is 42.8. The zero-order valence-corrected chi connectivity index (χ0v) is 20.8. The molecule has 4 rings (SSSR count). The quantitative estimate of drug-likeness (QED) is 0.171. The Labute approximate surface area is 211 Å². The van der Waals surface area contributed by atoms with Crippen molar-refractivity contribution < 1.29 is 34.2 Å². The Hall–Kier alpha value is -3.39. The van der Waals surface area contributed by atoms with Crippen molar-refractivity contribution in [2.24, 2.45) is 7.05 Å². The molecule has 0 unspecified atom stereocenters. The third-order valence-electron chi connectivity index (χ3n) is 6.52. The highest BCUT2D eigenvalue weighted by Crippen LogP contribution is 2.25. The Bertz CT molecular complexity index is 1380. The molecule has 1 saturated heterocycles. The average Bonchev–Trinajstić information content (AvgIpc) is 3.46. The minimum Gasteiger partial charge on any atom is -0.460 e. The van der Waals surface area contributed by atoms with Crippen LogP contribution in [0.3, 0.4) is 0 Å². The minimum absolute atomic E-state index is 0.130. The summed E-state index contributed by atoms with van der Waals surface area (Å²) in [5.74, 6) is -0.711. The molecule has 3 aromatic rings. The van der Waals surface area contributed by atoms with Crippen molar-refractivity contribution in [1.82, 2.24) is 18.7 Å². The molecule has 13 nitrogen and oxygen atoms in total. The molecule has 0 amide bonds. The maximum atomic E-state index is 13.1. The van der Waals surface area contributed by atoms with Gasteiger partial charge in [0.15, 0.2) is 29.7 Å². The van der Waals surface area contributed by atoms with E-state index in [-0.39, 0.29) is 18.7 Å². The van der Waals surface area contributed by atoms with Gasteiger partial charge >= 0.3 is 11.7 Å². The Kier molecular flexibility index (Phi) is 8.17. The fourth-order valence-electron chi connectivity index (χ4n) is 4.43. The maximum Gasteiger partial charge on any atom is 0.344 e. The van der Waals surface area contributed by atoms with Crippen LogP contribution in [0.5, 0.6) is 0 Å². The smallest absolute Gasteiger partial charge is 0.344 e. The van der Waals surface area contributed by atoms with Gasteiger partial charge in [0, 0.05) is 19.7 Å². The second kappa shape index (κ2) is 11.3. The molecule has 200 valence electrons. The van der Waals surface area contributed by atoms with Gasteiger partial charge in [0.2, 0.25) is 0 Å². The third-order valence-corrected chi connectivity index (χ3v) is 6.52. The van der Waals surface area contributed by atoms with Crippen LogP contribution < -0.4 is 15.8 Å². The fourth-order valence-corrected chi connectivity index (χ4v) is 4.43. The van der Waals surface area contributed by atoms with Crippen molar-refractivity contribution in [3.8, 4) is 0 Å². The van der Waals surface area contributed by atoms with Crippen LogP contribution in [0.2, 0.25) is 0 Å². The van der Waals surface area contributed by atoms with Crippen LogP contribution in [-0.4, -0.2) is 71.5 Å². The zero-order chi connectivity index (χ0) is 26.7. The lowest BCUT2D eigenvalue weighted by Gasteiger charge is -2.11. The van der Waals surface area contributed by atoms with E-state index in [0.29, 0.717) is 17.7 Å². The molecule has 0 radical (unpaired) electrons. The Balaban J connectivity index is 1.47. The van der Waals surface area contributed by atoms with E-state index in [1.807, 2.05) is 0 Å². The standard InChI is InChI=1S/C24H32N5O8/c1-3-4-5-8-28-14-25-20-17(28)21(33)29(24(35)26(20)2)10-11-36-23(34)15-7-6-9-27(12-15)22-19(32)18(31)16(13-30)37-22/h6-7,9,12,14,16,18-19,22,30-32H,3-5,8,10-11,13H2,1-2H3/q+1/t16-,18-,19-,22-/m1/s1. The Morgan fingerprint density at radius 1 is 1.22 bits per heavy atom. The minimum atomic E-state index is -1.30. The highest BCUT2D eigenvalue weighted by molar-refractivity contribution is 5.88. The molecule has 37 heavy (non-hydrogen) atoms. The molecule has 1 aliphatic heterocycles. The molecule has 13 heteroatoms. The predicted molar refractivity (Wildman–Crippen MR) is 129 cm³/mol.